The summed E-state index contributed by atoms with van der Waals surface area (Å²) in [6.45, 7) is 0.361. The molecule has 2 aliphatic rings. The van der Waals surface area contributed by atoms with Crippen LogP contribution in [0, 0.1) is 11.8 Å². The molecule has 0 amide bonds. The summed E-state index contributed by atoms with van der Waals surface area (Å²) in [5.41, 5.74) is -4.07. The number of methoxy groups -OCH3 is 1. The maximum absolute atomic E-state index is 15.1. The van der Waals surface area contributed by atoms with Crippen molar-refractivity contribution in [3.05, 3.63) is 42.1 Å². The van der Waals surface area contributed by atoms with E-state index in [9.17, 15) is 30.0 Å². The van der Waals surface area contributed by atoms with Gasteiger partial charge in [-0.1, -0.05) is 12.0 Å². The maximum Gasteiger partial charge on any atom is 0.446 e. The Labute approximate surface area is 255 Å². The Hall–Kier alpha value is -3.33. The number of nitrogens with zero attached hydrogens (tertiary/aromatic N) is 4. The first kappa shape index (κ1) is 32.1. The van der Waals surface area contributed by atoms with Crippen LogP contribution in [0.1, 0.15) is 12.1 Å². The molecule has 2 saturated heterocycles. The zero-order chi connectivity index (χ0) is 31.9. The quantitative estimate of drug-likeness (QED) is 0.227. The smallest absolute Gasteiger partial charge is 0.446 e. The molecule has 17 heteroatoms. The van der Waals surface area contributed by atoms with Crippen molar-refractivity contribution < 1.29 is 39.1 Å². The molecule has 1 atom stereocenters. The van der Waals surface area contributed by atoms with E-state index in [1.807, 2.05) is 0 Å². The Balaban J connectivity index is 1.39. The molecule has 3 aromatic rings. The summed E-state index contributed by atoms with van der Waals surface area (Å²) in [5.74, 6) is 5.78. The fourth-order valence-corrected chi connectivity index (χ4v) is 7.71. The van der Waals surface area contributed by atoms with Gasteiger partial charge >= 0.3 is 5.51 Å². The van der Waals surface area contributed by atoms with Crippen molar-refractivity contribution in [1.82, 2.24) is 14.5 Å². The van der Waals surface area contributed by atoms with Crippen LogP contribution in [0.5, 0.6) is 5.75 Å². The summed E-state index contributed by atoms with van der Waals surface area (Å²) in [6, 6.07) is 8.46. The summed E-state index contributed by atoms with van der Waals surface area (Å²) in [6.07, 6.45) is -0.184. The molecular weight excluding hydrogens is 647 g/mol. The molecule has 10 nitrogen and oxygen atoms in total. The number of sulfone groups is 2. The molecular formula is C27H27F4N5O5S3. The number of benzene rings is 1. The van der Waals surface area contributed by atoms with Crippen LogP contribution in [0.15, 0.2) is 51.2 Å². The van der Waals surface area contributed by atoms with E-state index in [0.29, 0.717) is 12.2 Å². The number of pyridine rings is 1. The summed E-state index contributed by atoms with van der Waals surface area (Å²) in [7, 11) is -5.16. The highest BCUT2D eigenvalue weighted by atomic mass is 32.2. The van der Waals surface area contributed by atoms with Crippen molar-refractivity contribution in [2.75, 3.05) is 49.8 Å². The Morgan fingerprint density at radius 1 is 1.23 bits per heavy atom. The third-order valence-corrected chi connectivity index (χ3v) is 10.8. The first-order valence-corrected chi connectivity index (χ1v) is 17.7. The number of ether oxygens (including phenoxy) is 1. The molecule has 2 aliphatic heterocycles. The fraction of sp³-hybridized carbons (Fsp3) is 0.407. The van der Waals surface area contributed by atoms with Gasteiger partial charge in [0.2, 0.25) is 0 Å². The number of aromatic nitrogens is 2. The number of rotatable bonds is 7. The van der Waals surface area contributed by atoms with Gasteiger partial charge in [0, 0.05) is 37.9 Å². The molecule has 2 aromatic heterocycles. The van der Waals surface area contributed by atoms with E-state index < -0.39 is 31.4 Å². The highest BCUT2D eigenvalue weighted by Gasteiger charge is 2.40. The summed E-state index contributed by atoms with van der Waals surface area (Å²) < 4.78 is 109. The topological polar surface area (TPSA) is 122 Å². The number of piperidine rings is 1. The summed E-state index contributed by atoms with van der Waals surface area (Å²) >= 11 is -0.366. The van der Waals surface area contributed by atoms with Crippen LogP contribution in [0.25, 0.3) is 5.52 Å². The highest BCUT2D eigenvalue weighted by Crippen LogP contribution is 2.41. The molecule has 0 unspecified atom stereocenters. The zero-order valence-corrected chi connectivity index (χ0v) is 25.9. The van der Waals surface area contributed by atoms with E-state index in [4.69, 9.17) is 4.74 Å². The molecule has 0 saturated carbocycles. The Morgan fingerprint density at radius 3 is 2.61 bits per heavy atom. The number of thioether (sulfide) groups is 1. The monoisotopic (exact) mass is 673 g/mol. The molecule has 44 heavy (non-hydrogen) atoms. The lowest BCUT2D eigenvalue weighted by Gasteiger charge is -2.40. The average Bonchev–Trinajstić information content (AvgIpc) is 3.26. The van der Waals surface area contributed by atoms with Gasteiger partial charge in [0.25, 0.3) is 0 Å². The van der Waals surface area contributed by atoms with Crippen LogP contribution in [-0.2, 0) is 19.7 Å². The molecule has 0 radical (unpaired) electrons. The first-order valence-electron chi connectivity index (χ1n) is 13.2. The predicted octanol–water partition coefficient (Wildman–Crippen LogP) is 3.74. The summed E-state index contributed by atoms with van der Waals surface area (Å²) in [4.78, 5) is 6.02. The zero-order valence-electron chi connectivity index (χ0n) is 23.4. The van der Waals surface area contributed by atoms with E-state index in [1.54, 1.807) is 4.90 Å². The largest absolute Gasteiger partial charge is 0.495 e. The molecule has 0 spiro atoms. The number of fused-ring (bicyclic) bond motifs is 1. The number of anilines is 1. The van der Waals surface area contributed by atoms with Crippen molar-refractivity contribution in [2.24, 2.45) is 4.99 Å². The Bertz CT molecular complexity index is 1890. The lowest BCUT2D eigenvalue weighted by molar-refractivity contribution is -0.0327. The van der Waals surface area contributed by atoms with Crippen molar-refractivity contribution in [3.63, 3.8) is 0 Å². The van der Waals surface area contributed by atoms with Gasteiger partial charge in [-0.15, -0.1) is 0 Å². The van der Waals surface area contributed by atoms with E-state index in [0.717, 1.165) is 6.26 Å². The van der Waals surface area contributed by atoms with Crippen LogP contribution in [0.2, 0.25) is 0 Å². The van der Waals surface area contributed by atoms with Gasteiger partial charge in [-0.05, 0) is 41.9 Å². The predicted molar refractivity (Wildman–Crippen MR) is 159 cm³/mol. The van der Waals surface area contributed by atoms with Gasteiger partial charge in [-0.3, -0.25) is 4.90 Å². The molecule has 0 bridgehead atoms. The summed E-state index contributed by atoms with van der Waals surface area (Å²) in [5, 5.41) is 7.23. The van der Waals surface area contributed by atoms with Crippen LogP contribution >= 0.6 is 11.8 Å². The molecule has 236 valence electrons. The normalized spacial score (nSPS) is 20.2. The van der Waals surface area contributed by atoms with Crippen LogP contribution in [-0.4, -0.2) is 99.3 Å². The van der Waals surface area contributed by atoms with Gasteiger partial charge in [-0.25, -0.2) is 30.7 Å². The molecule has 4 heterocycles. The minimum atomic E-state index is -4.64. The van der Waals surface area contributed by atoms with E-state index in [2.05, 4.69) is 27.2 Å². The second kappa shape index (κ2) is 12.2. The first-order chi connectivity index (χ1) is 20.6. The number of alkyl halides is 4. The van der Waals surface area contributed by atoms with Crippen LogP contribution in [0.3, 0.4) is 0 Å². The molecule has 0 aliphatic carbocycles. The highest BCUT2D eigenvalue weighted by molar-refractivity contribution is 8.00. The Morgan fingerprint density at radius 2 is 1.98 bits per heavy atom. The van der Waals surface area contributed by atoms with Gasteiger partial charge in [0.15, 0.2) is 31.7 Å². The third kappa shape index (κ3) is 7.31. The van der Waals surface area contributed by atoms with Gasteiger partial charge in [0.1, 0.15) is 11.4 Å². The maximum atomic E-state index is 15.1. The fourth-order valence-electron chi connectivity index (χ4n) is 4.90. The van der Waals surface area contributed by atoms with Crippen molar-refractivity contribution >= 4 is 54.2 Å². The molecule has 1 aromatic carbocycles. The molecule has 1 N–H and O–H groups in total. The molecule has 5 rings (SSSR count). The van der Waals surface area contributed by atoms with Crippen molar-refractivity contribution in [3.8, 4) is 17.6 Å². The van der Waals surface area contributed by atoms with Crippen molar-refractivity contribution in [1.29, 1.82) is 0 Å². The van der Waals surface area contributed by atoms with Crippen LogP contribution < -0.4 is 10.1 Å². The van der Waals surface area contributed by atoms with Gasteiger partial charge < -0.3 is 10.1 Å². The van der Waals surface area contributed by atoms with Crippen molar-refractivity contribution in [2.45, 2.75) is 33.9 Å². The minimum Gasteiger partial charge on any atom is -0.495 e. The second-order valence-corrected chi connectivity index (χ2v) is 15.5. The number of likely N-dealkylation sites (tertiary alicyclic amines) is 1. The standard InChI is InChI=1S/C27H27F4N5O5S3/c1-41-24-13-18(43(2,37)38)8-9-21(24)32-11-4-5-22-26(42-27(29,30)31)23-6-3-7-25(36(23)34-22)33-20-10-12-35(14-19(20)28)17-15-44(39,40)16-17/h3,6-9,13,17,19,32H,10-12,14-16H2,1-2H3/b33-20-/t19-/m0/s1. The number of nitrogens with one attached hydrogen (secondary N) is 1. The lowest BCUT2D eigenvalue weighted by Crippen LogP contribution is -2.57. The SMILES string of the molecule is COc1cc(S(C)(=O)=O)ccc1NCC#Cc1nn2c(/N=C3/CCN(C4CS(=O)(=O)C4)C[C@@H]3F)cccc2c1SC(F)(F)F. The Kier molecular flexibility index (Phi) is 8.91. The third-order valence-electron chi connectivity index (χ3n) is 7.06. The second-order valence-electron chi connectivity index (χ2n) is 10.2. The van der Waals surface area contributed by atoms with Crippen LogP contribution in [0.4, 0.5) is 29.1 Å². The van der Waals surface area contributed by atoms with E-state index >= 15 is 4.39 Å². The number of hydrogen-bond acceptors (Lipinski definition) is 10. The number of hydrogen-bond donors (Lipinski definition) is 1. The number of aliphatic imine (C=N–C) groups is 1. The lowest BCUT2D eigenvalue weighted by atomic mass is 10.1. The van der Waals surface area contributed by atoms with E-state index in [-0.39, 0.29) is 87.1 Å². The average molecular weight is 674 g/mol. The van der Waals surface area contributed by atoms with Gasteiger partial charge in [-0.2, -0.15) is 18.3 Å². The van der Waals surface area contributed by atoms with Gasteiger partial charge in [0.05, 0.1) is 51.9 Å². The number of halogens is 4. The van der Waals surface area contributed by atoms with E-state index in [1.165, 1.54) is 48.0 Å². The molecule has 2 fully saturated rings. The minimum absolute atomic E-state index is 0.000774.